The molecule has 0 aromatic carbocycles. The zero-order valence-electron chi connectivity index (χ0n) is 10.2. The summed E-state index contributed by atoms with van der Waals surface area (Å²) in [6.45, 7) is 4.81. The molecule has 0 radical (unpaired) electrons. The topological polar surface area (TPSA) is 66.9 Å². The molecule has 5 nitrogen and oxygen atoms in total. The van der Waals surface area contributed by atoms with Crippen LogP contribution in [0.5, 0.6) is 0 Å². The van der Waals surface area contributed by atoms with Crippen LogP contribution in [0.4, 0.5) is 5.82 Å². The van der Waals surface area contributed by atoms with Crippen LogP contribution in [0.15, 0.2) is 12.4 Å². The van der Waals surface area contributed by atoms with Gasteiger partial charge in [-0.05, 0) is 32.6 Å². The van der Waals surface area contributed by atoms with Crippen LogP contribution in [-0.2, 0) is 0 Å². The molecule has 1 amide bonds. The van der Waals surface area contributed by atoms with Crippen LogP contribution in [0.3, 0.4) is 0 Å². The van der Waals surface area contributed by atoms with Crippen molar-refractivity contribution in [1.82, 2.24) is 15.3 Å². The Morgan fingerprint density at radius 3 is 2.76 bits per heavy atom. The van der Waals surface area contributed by atoms with Gasteiger partial charge in [-0.25, -0.2) is 9.97 Å². The second kappa shape index (κ2) is 5.12. The summed E-state index contributed by atoms with van der Waals surface area (Å²) in [6, 6.07) is 0.234. The van der Waals surface area contributed by atoms with E-state index >= 15 is 0 Å². The predicted molar refractivity (Wildman–Crippen MR) is 65.8 cm³/mol. The molecule has 5 heteroatoms. The van der Waals surface area contributed by atoms with Crippen molar-refractivity contribution in [1.29, 1.82) is 0 Å². The zero-order chi connectivity index (χ0) is 12.3. The number of amides is 1. The van der Waals surface area contributed by atoms with Crippen molar-refractivity contribution in [3.63, 3.8) is 0 Å². The number of carbonyl (C=O) groups excluding carboxylic acids is 1. The van der Waals surface area contributed by atoms with Gasteiger partial charge in [-0.2, -0.15) is 0 Å². The molecule has 2 rings (SSSR count). The summed E-state index contributed by atoms with van der Waals surface area (Å²) in [5.74, 6) is 1.20. The van der Waals surface area contributed by atoms with Crippen LogP contribution in [-0.4, -0.2) is 28.5 Å². The first-order chi connectivity index (χ1) is 8.20. The van der Waals surface area contributed by atoms with Gasteiger partial charge in [-0.1, -0.05) is 0 Å². The minimum Gasteiger partial charge on any atom is -0.369 e. The average molecular weight is 234 g/mol. The largest absolute Gasteiger partial charge is 0.369 e. The molecule has 1 aliphatic rings. The molecule has 1 atom stereocenters. The first kappa shape index (κ1) is 11.8. The minimum absolute atomic E-state index is 0.139. The highest BCUT2D eigenvalue weighted by molar-refractivity contribution is 5.92. The molecule has 17 heavy (non-hydrogen) atoms. The highest BCUT2D eigenvalue weighted by Crippen LogP contribution is 2.32. The van der Waals surface area contributed by atoms with Gasteiger partial charge in [-0.15, -0.1) is 0 Å². The van der Waals surface area contributed by atoms with E-state index in [2.05, 4.69) is 20.6 Å². The molecule has 1 saturated carbocycles. The lowest BCUT2D eigenvalue weighted by Crippen LogP contribution is -2.34. The van der Waals surface area contributed by atoms with Crippen LogP contribution < -0.4 is 10.6 Å². The number of nitrogens with one attached hydrogen (secondary N) is 2. The van der Waals surface area contributed by atoms with Gasteiger partial charge in [0.15, 0.2) is 0 Å². The van der Waals surface area contributed by atoms with Crippen LogP contribution in [0, 0.1) is 5.92 Å². The van der Waals surface area contributed by atoms with Crippen LogP contribution in [0.1, 0.15) is 37.2 Å². The van der Waals surface area contributed by atoms with E-state index in [1.54, 1.807) is 6.20 Å². The Balaban J connectivity index is 1.93. The van der Waals surface area contributed by atoms with Gasteiger partial charge >= 0.3 is 0 Å². The predicted octanol–water partition coefficient (Wildman–Crippen LogP) is 1.44. The Morgan fingerprint density at radius 1 is 1.47 bits per heavy atom. The first-order valence-corrected chi connectivity index (χ1v) is 6.07. The third-order valence-electron chi connectivity index (χ3n) is 2.93. The second-order valence-corrected chi connectivity index (χ2v) is 4.42. The number of aromatic nitrogens is 2. The monoisotopic (exact) mass is 234 g/mol. The third-order valence-corrected chi connectivity index (χ3v) is 2.93. The number of carbonyl (C=O) groups is 1. The Bertz CT molecular complexity index is 386. The van der Waals surface area contributed by atoms with E-state index in [-0.39, 0.29) is 11.9 Å². The molecule has 0 aliphatic heterocycles. The van der Waals surface area contributed by atoms with Gasteiger partial charge in [0.25, 0.3) is 5.91 Å². The van der Waals surface area contributed by atoms with E-state index in [1.165, 1.54) is 19.0 Å². The standard InChI is InChI=1S/C12H18N4O/c1-3-13-11-7-14-10(6-15-11)12(17)16-8(2)9-4-5-9/h6-9H,3-5H2,1-2H3,(H,13,15)(H,16,17). The van der Waals surface area contributed by atoms with E-state index in [4.69, 9.17) is 0 Å². The molecular weight excluding hydrogens is 216 g/mol. The van der Waals surface area contributed by atoms with Gasteiger partial charge in [0.2, 0.25) is 0 Å². The molecule has 1 aliphatic carbocycles. The summed E-state index contributed by atoms with van der Waals surface area (Å²) in [6.07, 6.45) is 5.52. The first-order valence-electron chi connectivity index (χ1n) is 6.07. The molecule has 1 heterocycles. The van der Waals surface area contributed by atoms with E-state index in [9.17, 15) is 4.79 Å². The molecule has 92 valence electrons. The average Bonchev–Trinajstić information content (AvgIpc) is 3.14. The molecule has 1 fully saturated rings. The molecule has 1 aromatic heterocycles. The van der Waals surface area contributed by atoms with Crippen LogP contribution in [0.2, 0.25) is 0 Å². The van der Waals surface area contributed by atoms with E-state index in [0.717, 1.165) is 6.54 Å². The maximum atomic E-state index is 11.8. The molecular formula is C12H18N4O. The summed E-state index contributed by atoms with van der Waals surface area (Å²) in [5.41, 5.74) is 0.374. The quantitative estimate of drug-likeness (QED) is 0.809. The summed E-state index contributed by atoms with van der Waals surface area (Å²) >= 11 is 0. The lowest BCUT2D eigenvalue weighted by molar-refractivity contribution is 0.0930. The lowest BCUT2D eigenvalue weighted by Gasteiger charge is -2.12. The highest BCUT2D eigenvalue weighted by Gasteiger charge is 2.29. The van der Waals surface area contributed by atoms with Crippen molar-refractivity contribution in [2.24, 2.45) is 5.92 Å². The Hall–Kier alpha value is -1.65. The van der Waals surface area contributed by atoms with Crippen LogP contribution >= 0.6 is 0 Å². The SMILES string of the molecule is CCNc1cnc(C(=O)NC(C)C2CC2)cn1. The van der Waals surface area contributed by atoms with Gasteiger partial charge < -0.3 is 10.6 Å². The maximum absolute atomic E-state index is 11.8. The van der Waals surface area contributed by atoms with Gasteiger partial charge in [-0.3, -0.25) is 4.79 Å². The normalized spacial score (nSPS) is 16.4. The molecule has 1 unspecified atom stereocenters. The van der Waals surface area contributed by atoms with E-state index < -0.39 is 0 Å². The van der Waals surface area contributed by atoms with Crippen molar-refractivity contribution in [2.45, 2.75) is 32.7 Å². The van der Waals surface area contributed by atoms with Crippen LogP contribution in [0.25, 0.3) is 0 Å². The molecule has 0 bridgehead atoms. The number of nitrogens with zero attached hydrogens (tertiary/aromatic N) is 2. The van der Waals surface area contributed by atoms with Gasteiger partial charge in [0.1, 0.15) is 11.5 Å². The molecule has 2 N–H and O–H groups in total. The minimum atomic E-state index is -0.139. The maximum Gasteiger partial charge on any atom is 0.271 e. The fraction of sp³-hybridized carbons (Fsp3) is 0.583. The molecule has 0 spiro atoms. The second-order valence-electron chi connectivity index (χ2n) is 4.42. The Kier molecular flexibility index (Phi) is 3.56. The number of rotatable bonds is 5. The van der Waals surface area contributed by atoms with Crippen molar-refractivity contribution in [3.8, 4) is 0 Å². The summed E-state index contributed by atoms with van der Waals surface area (Å²) in [4.78, 5) is 20.0. The van der Waals surface area contributed by atoms with Crippen molar-refractivity contribution in [3.05, 3.63) is 18.1 Å². The van der Waals surface area contributed by atoms with Crippen molar-refractivity contribution < 1.29 is 4.79 Å². The highest BCUT2D eigenvalue weighted by atomic mass is 16.1. The van der Waals surface area contributed by atoms with Crippen molar-refractivity contribution in [2.75, 3.05) is 11.9 Å². The third kappa shape index (κ3) is 3.15. The van der Waals surface area contributed by atoms with Gasteiger partial charge in [0, 0.05) is 12.6 Å². The number of anilines is 1. The van der Waals surface area contributed by atoms with E-state index in [0.29, 0.717) is 17.4 Å². The fourth-order valence-electron chi connectivity index (χ4n) is 1.71. The van der Waals surface area contributed by atoms with E-state index in [1.807, 2.05) is 13.8 Å². The Labute approximate surface area is 101 Å². The van der Waals surface area contributed by atoms with Gasteiger partial charge in [0.05, 0.1) is 12.4 Å². The number of hydrogen-bond acceptors (Lipinski definition) is 4. The summed E-state index contributed by atoms with van der Waals surface area (Å²) in [7, 11) is 0. The summed E-state index contributed by atoms with van der Waals surface area (Å²) in [5, 5.41) is 5.99. The summed E-state index contributed by atoms with van der Waals surface area (Å²) < 4.78 is 0. The van der Waals surface area contributed by atoms with Crippen molar-refractivity contribution >= 4 is 11.7 Å². The smallest absolute Gasteiger partial charge is 0.271 e. The molecule has 0 saturated heterocycles. The molecule has 1 aromatic rings. The number of hydrogen-bond donors (Lipinski definition) is 2. The zero-order valence-corrected chi connectivity index (χ0v) is 10.2. The Morgan fingerprint density at radius 2 is 2.24 bits per heavy atom. The lowest BCUT2D eigenvalue weighted by atomic mass is 10.2. The fourth-order valence-corrected chi connectivity index (χ4v) is 1.71.